The molecule has 0 rings (SSSR count). The molecule has 0 amide bonds. The third kappa shape index (κ3) is 71.1. The minimum absolute atomic E-state index is 0.105. The van der Waals surface area contributed by atoms with Crippen LogP contribution in [0.25, 0.3) is 0 Å². The van der Waals surface area contributed by atoms with Gasteiger partial charge in [-0.05, 0) is 43.4 Å². The summed E-state index contributed by atoms with van der Waals surface area (Å²) in [7, 11) is -9.92. The van der Waals surface area contributed by atoms with Crippen LogP contribution in [-0.4, -0.2) is 96.7 Å². The van der Waals surface area contributed by atoms with Crippen LogP contribution in [0.15, 0.2) is 0 Å². The van der Waals surface area contributed by atoms with Crippen LogP contribution in [0, 0.1) is 17.8 Å². The number of hydrogen-bond acceptors (Lipinski definition) is 15. The molecular formula is C79H154O17P2. The zero-order valence-corrected chi connectivity index (χ0v) is 66.0. The van der Waals surface area contributed by atoms with Crippen LogP contribution in [0.2, 0.25) is 0 Å². The molecule has 0 aliphatic carbocycles. The number of ether oxygens (including phenoxy) is 4. The molecule has 3 unspecified atom stereocenters. The average Bonchev–Trinajstić information content (AvgIpc) is 1.06. The third-order valence-electron chi connectivity index (χ3n) is 18.7. The van der Waals surface area contributed by atoms with Crippen LogP contribution in [0.3, 0.4) is 0 Å². The molecule has 0 aliphatic rings. The van der Waals surface area contributed by atoms with Crippen LogP contribution in [-0.2, 0) is 65.4 Å². The van der Waals surface area contributed by atoms with Gasteiger partial charge < -0.3 is 33.8 Å². The number of esters is 4. The van der Waals surface area contributed by atoms with Gasteiger partial charge in [-0.3, -0.25) is 37.3 Å². The first-order chi connectivity index (χ1) is 47.3. The zero-order chi connectivity index (χ0) is 72.3. The minimum atomic E-state index is -4.96. The molecule has 0 radical (unpaired) electrons. The first-order valence-corrected chi connectivity index (χ1v) is 43.9. The Kier molecular flexibility index (Phi) is 68.1. The van der Waals surface area contributed by atoms with E-state index in [9.17, 15) is 43.2 Å². The number of hydrogen-bond donors (Lipinski definition) is 3. The van der Waals surface area contributed by atoms with E-state index in [0.717, 1.165) is 108 Å². The molecule has 0 spiro atoms. The molecule has 0 aromatic rings. The van der Waals surface area contributed by atoms with Crippen molar-refractivity contribution >= 4 is 39.5 Å². The molecule has 98 heavy (non-hydrogen) atoms. The van der Waals surface area contributed by atoms with Crippen LogP contribution in [0.1, 0.15) is 408 Å². The summed E-state index contributed by atoms with van der Waals surface area (Å²) in [6, 6.07) is 0. The quantitative estimate of drug-likeness (QED) is 0.0222. The monoisotopic (exact) mass is 1440 g/mol. The van der Waals surface area contributed by atoms with Crippen LogP contribution in [0.5, 0.6) is 0 Å². The largest absolute Gasteiger partial charge is 0.472 e. The zero-order valence-electron chi connectivity index (χ0n) is 64.3. The van der Waals surface area contributed by atoms with Gasteiger partial charge >= 0.3 is 39.5 Å². The van der Waals surface area contributed by atoms with Crippen LogP contribution >= 0.6 is 15.6 Å². The van der Waals surface area contributed by atoms with Crippen molar-refractivity contribution in [2.24, 2.45) is 17.8 Å². The highest BCUT2D eigenvalue weighted by Gasteiger charge is 2.30. The van der Waals surface area contributed by atoms with Gasteiger partial charge in [0.05, 0.1) is 26.4 Å². The van der Waals surface area contributed by atoms with Gasteiger partial charge in [0.1, 0.15) is 19.3 Å². The number of carbonyl (C=O) groups excluding carboxylic acids is 4. The maximum Gasteiger partial charge on any atom is 0.472 e. The number of aliphatic hydroxyl groups is 1. The van der Waals surface area contributed by atoms with Gasteiger partial charge in [0.25, 0.3) is 0 Å². The van der Waals surface area contributed by atoms with Crippen LogP contribution < -0.4 is 0 Å². The second-order valence-electron chi connectivity index (χ2n) is 29.6. The topological polar surface area (TPSA) is 237 Å². The lowest BCUT2D eigenvalue weighted by molar-refractivity contribution is -0.161. The lowest BCUT2D eigenvalue weighted by Crippen LogP contribution is -2.30. The maximum absolute atomic E-state index is 13.1. The molecule has 0 heterocycles. The summed E-state index contributed by atoms with van der Waals surface area (Å²) in [5, 5.41) is 10.6. The van der Waals surface area contributed by atoms with Crippen molar-refractivity contribution in [3.8, 4) is 0 Å². The smallest absolute Gasteiger partial charge is 0.462 e. The molecule has 17 nitrogen and oxygen atoms in total. The van der Waals surface area contributed by atoms with E-state index in [1.165, 1.54) is 212 Å². The fourth-order valence-corrected chi connectivity index (χ4v) is 13.7. The Hall–Kier alpha value is -1.94. The molecule has 0 fully saturated rings. The van der Waals surface area contributed by atoms with Gasteiger partial charge in [-0.2, -0.15) is 0 Å². The summed E-state index contributed by atoms with van der Waals surface area (Å²) in [4.78, 5) is 72.9. The van der Waals surface area contributed by atoms with Gasteiger partial charge in [0.15, 0.2) is 12.2 Å². The van der Waals surface area contributed by atoms with E-state index in [1.807, 2.05) is 0 Å². The van der Waals surface area contributed by atoms with Gasteiger partial charge in [-0.25, -0.2) is 9.13 Å². The predicted octanol–water partition coefficient (Wildman–Crippen LogP) is 23.4. The summed E-state index contributed by atoms with van der Waals surface area (Å²) in [6.07, 6.45) is 57.0. The van der Waals surface area contributed by atoms with Gasteiger partial charge in [-0.1, -0.05) is 357 Å². The first kappa shape index (κ1) is 96.1. The first-order valence-electron chi connectivity index (χ1n) is 40.9. The summed E-state index contributed by atoms with van der Waals surface area (Å²) >= 11 is 0. The SMILES string of the molecule is CCCCCCCCCCCCCCCCCCCCCC(=O)O[C@H](COC(=O)CCCCCCCCCCCCCCCC(C)C)COP(=O)(O)OC[C@@H](O)COP(=O)(O)OC[C@@H](COC(=O)CCCCCCCCC(C)C)OC(=O)CCCCCCCCCCCCC(C)CC. The Bertz CT molecular complexity index is 1910. The lowest BCUT2D eigenvalue weighted by atomic mass is 9.99. The van der Waals surface area contributed by atoms with E-state index in [0.29, 0.717) is 31.6 Å². The maximum atomic E-state index is 13.1. The second-order valence-corrected chi connectivity index (χ2v) is 32.6. The highest BCUT2D eigenvalue weighted by molar-refractivity contribution is 7.47. The Balaban J connectivity index is 5.23. The molecule has 19 heteroatoms. The number of unbranched alkanes of at least 4 members (excludes halogenated alkanes) is 44. The average molecular weight is 1440 g/mol. The molecule has 6 atom stereocenters. The van der Waals surface area contributed by atoms with E-state index < -0.39 is 97.5 Å². The van der Waals surface area contributed by atoms with E-state index in [2.05, 4.69) is 48.5 Å². The molecule has 0 saturated heterocycles. The van der Waals surface area contributed by atoms with Crippen molar-refractivity contribution in [2.45, 2.75) is 426 Å². The van der Waals surface area contributed by atoms with Gasteiger partial charge in [-0.15, -0.1) is 0 Å². The van der Waals surface area contributed by atoms with Crippen molar-refractivity contribution in [1.82, 2.24) is 0 Å². The second kappa shape index (κ2) is 69.4. The Morgan fingerprint density at radius 1 is 0.296 bits per heavy atom. The van der Waals surface area contributed by atoms with E-state index in [4.69, 9.17) is 37.0 Å². The molecule has 0 bridgehead atoms. The van der Waals surface area contributed by atoms with E-state index >= 15 is 0 Å². The minimum Gasteiger partial charge on any atom is -0.462 e. The van der Waals surface area contributed by atoms with Crippen LogP contribution in [0.4, 0.5) is 0 Å². The van der Waals surface area contributed by atoms with Crippen molar-refractivity contribution < 1.29 is 80.2 Å². The Morgan fingerprint density at radius 2 is 0.520 bits per heavy atom. The molecule has 0 aromatic carbocycles. The molecule has 582 valence electrons. The predicted molar refractivity (Wildman–Crippen MR) is 400 cm³/mol. The van der Waals surface area contributed by atoms with Gasteiger partial charge in [0.2, 0.25) is 0 Å². The standard InChI is InChI=1S/C79H154O17P2/c1-8-10-11-12-13-14-15-16-17-18-19-20-21-24-28-34-39-48-55-62-78(83)95-74(66-89-76(81)60-53-46-38-33-27-25-22-23-26-31-36-43-50-57-70(3)4)68-93-97(85,86)91-64-73(80)65-92-98(87,88)94-69-75(67-90-77(82)61-54-47-42-41-44-51-58-71(5)6)96-79(84)63-56-49-40-35-30-29-32-37-45-52-59-72(7)9-2/h70-75,80H,8-69H2,1-7H3,(H,85,86)(H,87,88)/t72?,73-,74-,75-/m1/s1. The molecular weight excluding hydrogens is 1280 g/mol. The molecule has 0 aliphatic heterocycles. The lowest BCUT2D eigenvalue weighted by Gasteiger charge is -2.21. The van der Waals surface area contributed by atoms with Crippen molar-refractivity contribution in [3.63, 3.8) is 0 Å². The van der Waals surface area contributed by atoms with E-state index in [1.54, 1.807) is 0 Å². The summed E-state index contributed by atoms with van der Waals surface area (Å²) in [6.45, 7) is 11.9. The van der Waals surface area contributed by atoms with E-state index in [-0.39, 0.29) is 25.7 Å². The number of phosphoric ester groups is 2. The van der Waals surface area contributed by atoms with Crippen molar-refractivity contribution in [2.75, 3.05) is 39.6 Å². The Morgan fingerprint density at radius 3 is 0.776 bits per heavy atom. The van der Waals surface area contributed by atoms with Crippen molar-refractivity contribution in [1.29, 1.82) is 0 Å². The number of aliphatic hydroxyl groups excluding tert-OH is 1. The number of rotatable bonds is 77. The fraction of sp³-hybridized carbons (Fsp3) is 0.949. The van der Waals surface area contributed by atoms with Gasteiger partial charge in [0, 0.05) is 25.7 Å². The fourth-order valence-electron chi connectivity index (χ4n) is 12.1. The summed E-state index contributed by atoms with van der Waals surface area (Å²) in [5.41, 5.74) is 0. The molecule has 0 aromatic heterocycles. The van der Waals surface area contributed by atoms with Crippen molar-refractivity contribution in [3.05, 3.63) is 0 Å². The number of phosphoric acid groups is 2. The summed E-state index contributed by atoms with van der Waals surface area (Å²) < 4.78 is 68.6. The normalized spacial score (nSPS) is 14.3. The highest BCUT2D eigenvalue weighted by Crippen LogP contribution is 2.45. The molecule has 3 N–H and O–H groups in total. The summed E-state index contributed by atoms with van der Waals surface area (Å²) in [5.74, 6) is 0.157. The highest BCUT2D eigenvalue weighted by atomic mass is 31.2. The third-order valence-corrected chi connectivity index (χ3v) is 20.6. The molecule has 0 saturated carbocycles. The number of carbonyl (C=O) groups is 4. The Labute approximate surface area is 600 Å².